The van der Waals surface area contributed by atoms with Crippen LogP contribution in [-0.4, -0.2) is 7.05 Å². The zero-order valence-corrected chi connectivity index (χ0v) is 14.1. The molecule has 3 rings (SSSR count). The van der Waals surface area contributed by atoms with Gasteiger partial charge >= 0.3 is 0 Å². The third-order valence-corrected chi connectivity index (χ3v) is 4.92. The molecule has 2 aromatic rings. The molecule has 1 aliphatic carbocycles. The molecule has 0 radical (unpaired) electrons. The van der Waals surface area contributed by atoms with E-state index in [-0.39, 0.29) is 12.4 Å². The maximum absolute atomic E-state index is 6.17. The van der Waals surface area contributed by atoms with Gasteiger partial charge in [-0.15, -0.1) is 12.4 Å². The number of nitrogens with one attached hydrogen (secondary N) is 1. The molecule has 21 heavy (non-hydrogen) atoms. The second-order valence-electron chi connectivity index (χ2n) is 5.27. The summed E-state index contributed by atoms with van der Waals surface area (Å²) in [4.78, 5) is 0. The van der Waals surface area contributed by atoms with Gasteiger partial charge in [-0.3, -0.25) is 0 Å². The Labute approximate surface area is 142 Å². The summed E-state index contributed by atoms with van der Waals surface area (Å²) in [6.45, 7) is 0. The molecular weight excluding hydrogens is 331 g/mol. The molecule has 0 aliphatic heterocycles. The lowest BCUT2D eigenvalue weighted by Gasteiger charge is -2.32. The minimum Gasteiger partial charge on any atom is -0.313 e. The summed E-state index contributed by atoms with van der Waals surface area (Å²) < 4.78 is 0. The summed E-state index contributed by atoms with van der Waals surface area (Å²) in [5.74, 6) is 0.408. The van der Waals surface area contributed by atoms with Crippen molar-refractivity contribution in [2.24, 2.45) is 0 Å². The van der Waals surface area contributed by atoms with Crippen LogP contribution in [0.1, 0.15) is 41.5 Å². The monoisotopic (exact) mass is 347 g/mol. The summed E-state index contributed by atoms with van der Waals surface area (Å²) in [7, 11) is 2.03. The van der Waals surface area contributed by atoms with Crippen LogP contribution in [0.4, 0.5) is 0 Å². The third kappa shape index (κ3) is 3.22. The van der Waals surface area contributed by atoms with Gasteiger partial charge in [0.15, 0.2) is 0 Å². The Bertz CT molecular complexity index is 627. The zero-order chi connectivity index (χ0) is 14.1. The average Bonchev–Trinajstić information content (AvgIpc) is 2.49. The molecule has 0 heterocycles. The summed E-state index contributed by atoms with van der Waals surface area (Å²) in [5, 5.41) is 4.66. The van der Waals surface area contributed by atoms with E-state index in [1.54, 1.807) is 0 Å². The number of hydrogen-bond donors (Lipinski definition) is 1. The van der Waals surface area contributed by atoms with Gasteiger partial charge < -0.3 is 5.32 Å². The number of rotatable bonds is 2. The molecule has 2 atom stereocenters. The Morgan fingerprint density at radius 2 is 1.67 bits per heavy atom. The zero-order valence-electron chi connectivity index (χ0n) is 11.8. The van der Waals surface area contributed by atoms with Crippen LogP contribution < -0.4 is 5.32 Å². The smallest absolute Gasteiger partial charge is 0.0595 e. The minimum atomic E-state index is 0. The second-order valence-corrected chi connectivity index (χ2v) is 6.09. The lowest BCUT2D eigenvalue weighted by atomic mass is 9.95. The molecule has 0 amide bonds. The van der Waals surface area contributed by atoms with E-state index >= 15 is 0 Å². The Balaban J connectivity index is 0.00000161. The predicted octanol–water partition coefficient (Wildman–Crippen LogP) is 5.60. The SMILES string of the molecule is CN[C@H]1CC[C@@H](c2ccc(Cl)c(Cl)c2)[13c]2[13cH][13cH][13cH][13cH][13c]21.Cl. The molecule has 0 aromatic heterocycles. The van der Waals surface area contributed by atoms with Crippen molar-refractivity contribution < 1.29 is 0 Å². The first-order chi connectivity index (χ1) is 9.70. The molecule has 2 aromatic carbocycles. The fourth-order valence-electron chi connectivity index (χ4n) is 3.17. The van der Waals surface area contributed by atoms with Crippen LogP contribution in [0.3, 0.4) is 0 Å². The van der Waals surface area contributed by atoms with Crippen LogP contribution in [0.2, 0.25) is 10.0 Å². The molecule has 1 N–H and O–H groups in total. The highest BCUT2D eigenvalue weighted by molar-refractivity contribution is 6.42. The summed E-state index contributed by atoms with van der Waals surface area (Å²) in [5.41, 5.74) is 4.05. The van der Waals surface area contributed by atoms with Crippen LogP contribution in [0.15, 0.2) is 42.5 Å². The van der Waals surface area contributed by atoms with Crippen LogP contribution >= 0.6 is 35.6 Å². The van der Waals surface area contributed by atoms with E-state index in [1.165, 1.54) is 16.7 Å². The van der Waals surface area contributed by atoms with Gasteiger partial charge in [0.2, 0.25) is 0 Å². The number of hydrogen-bond acceptors (Lipinski definition) is 1. The third-order valence-electron chi connectivity index (χ3n) is 4.19. The fourth-order valence-corrected chi connectivity index (χ4v) is 3.47. The topological polar surface area (TPSA) is 12.0 Å². The van der Waals surface area contributed by atoms with Gasteiger partial charge in [0.05, 0.1) is 10.0 Å². The van der Waals surface area contributed by atoms with Crippen molar-refractivity contribution in [3.63, 3.8) is 0 Å². The van der Waals surface area contributed by atoms with E-state index in [2.05, 4.69) is 35.6 Å². The summed E-state index contributed by atoms with van der Waals surface area (Å²) >= 11 is 12.2. The summed E-state index contributed by atoms with van der Waals surface area (Å²) in [6, 6.07) is 15.1. The quantitative estimate of drug-likeness (QED) is 0.744. The van der Waals surface area contributed by atoms with E-state index in [0.717, 1.165) is 12.8 Å². The normalized spacial score (nSPS) is 20.5. The van der Waals surface area contributed by atoms with Crippen molar-refractivity contribution in [1.29, 1.82) is 0 Å². The molecule has 0 saturated carbocycles. The molecule has 4 heteroatoms. The van der Waals surface area contributed by atoms with Crippen molar-refractivity contribution >= 4 is 35.6 Å². The van der Waals surface area contributed by atoms with Crippen LogP contribution in [0.5, 0.6) is 0 Å². The average molecular weight is 349 g/mol. The van der Waals surface area contributed by atoms with Crippen molar-refractivity contribution in [1.82, 2.24) is 5.32 Å². The van der Waals surface area contributed by atoms with Gasteiger partial charge in [0.1, 0.15) is 0 Å². The lowest BCUT2D eigenvalue weighted by Crippen LogP contribution is -2.24. The highest BCUT2D eigenvalue weighted by Gasteiger charge is 2.27. The van der Waals surface area contributed by atoms with E-state index in [4.69, 9.17) is 23.2 Å². The van der Waals surface area contributed by atoms with Gasteiger partial charge in [0.25, 0.3) is 0 Å². The maximum Gasteiger partial charge on any atom is 0.0595 e. The largest absolute Gasteiger partial charge is 0.313 e. The Hall–Kier alpha value is -0.730. The molecule has 0 fully saturated rings. The predicted molar refractivity (Wildman–Crippen MR) is 93.0 cm³/mol. The van der Waals surface area contributed by atoms with Crippen molar-refractivity contribution in [2.75, 3.05) is 7.05 Å². The second kappa shape index (κ2) is 7.02. The highest BCUT2D eigenvalue weighted by Crippen LogP contribution is 2.42. The van der Waals surface area contributed by atoms with Crippen LogP contribution in [0.25, 0.3) is 0 Å². The van der Waals surface area contributed by atoms with Crippen molar-refractivity contribution in [3.05, 3.63) is 69.2 Å². The molecule has 1 aliphatic rings. The van der Waals surface area contributed by atoms with Gasteiger partial charge in [-0.1, -0.05) is 53.5 Å². The fraction of sp³-hybridized carbons (Fsp3) is 0.294. The van der Waals surface area contributed by atoms with E-state index in [1.807, 2.05) is 19.2 Å². The molecule has 0 saturated heterocycles. The van der Waals surface area contributed by atoms with Gasteiger partial charge in [-0.05, 0) is 48.7 Å². The first kappa shape index (κ1) is 16.6. The molecule has 0 spiro atoms. The summed E-state index contributed by atoms with van der Waals surface area (Å²) in [6.07, 6.45) is 2.26. The number of halogens is 3. The van der Waals surface area contributed by atoms with E-state index in [0.29, 0.717) is 22.0 Å². The molecule has 0 unspecified atom stereocenters. The molecule has 1 nitrogen and oxygen atoms in total. The molecule has 112 valence electrons. The van der Waals surface area contributed by atoms with Crippen molar-refractivity contribution in [3.8, 4) is 0 Å². The van der Waals surface area contributed by atoms with Gasteiger partial charge in [-0.2, -0.15) is 0 Å². The maximum atomic E-state index is 6.17. The van der Waals surface area contributed by atoms with Crippen LogP contribution in [0, 0.1) is 0 Å². The standard InChI is InChI=1S/C17H17Cl2N.ClH/c1-20-17-9-7-12(13-4-2-3-5-14(13)17)11-6-8-15(18)16(19)10-11;/h2-6,8,10,12,17,20H,7,9H2,1H3;1H/t12-,17-;/m0./s1/i2+1,3+1,4+1,5+1,13+1,14+1;. The van der Waals surface area contributed by atoms with E-state index < -0.39 is 0 Å². The van der Waals surface area contributed by atoms with Gasteiger partial charge in [0, 0.05) is 12.0 Å². The Morgan fingerprint density at radius 3 is 2.33 bits per heavy atom. The van der Waals surface area contributed by atoms with E-state index in [9.17, 15) is 0 Å². The molecular formula is C17H18Cl3N. The molecule has 0 bridgehead atoms. The minimum absolute atomic E-state index is 0. The highest BCUT2D eigenvalue weighted by atomic mass is 35.5. The first-order valence-electron chi connectivity index (χ1n) is 6.91. The lowest BCUT2D eigenvalue weighted by molar-refractivity contribution is 0.471. The first-order valence-corrected chi connectivity index (χ1v) is 7.67. The Kier molecular flexibility index (Phi) is 5.56. The number of fused-ring (bicyclic) bond motifs is 1. The van der Waals surface area contributed by atoms with Crippen LogP contribution in [-0.2, 0) is 0 Å². The Morgan fingerprint density at radius 1 is 0.952 bits per heavy atom. The van der Waals surface area contributed by atoms with Crippen molar-refractivity contribution in [2.45, 2.75) is 24.8 Å². The van der Waals surface area contributed by atoms with Gasteiger partial charge in [-0.25, -0.2) is 0 Å². The number of benzene rings is 2.